The second-order valence-corrected chi connectivity index (χ2v) is 7.40. The molecule has 0 amide bonds. The highest BCUT2D eigenvalue weighted by Gasteiger charge is 2.39. The van der Waals surface area contributed by atoms with E-state index in [1.807, 2.05) is 6.20 Å². The summed E-state index contributed by atoms with van der Waals surface area (Å²) in [6.45, 7) is 10.3. The molecule has 3 rings (SSSR count). The Hall–Kier alpha value is -1.09. The van der Waals surface area contributed by atoms with Crippen molar-refractivity contribution in [2.24, 2.45) is 0 Å². The summed E-state index contributed by atoms with van der Waals surface area (Å²) in [4.78, 5) is 4.46. The standard InChI is InChI=1S/C16H25N3/c1-15(2)9-11(10-16(3,4)19-15)12-5-7-17-14-13(12)6-8-18-14/h5,7,11,19H,6,8-10H2,1-4H3,(H,17,18). The lowest BCUT2D eigenvalue weighted by molar-refractivity contribution is 0.161. The number of aromatic nitrogens is 1. The highest BCUT2D eigenvalue weighted by molar-refractivity contribution is 5.53. The van der Waals surface area contributed by atoms with Crippen molar-refractivity contribution in [1.29, 1.82) is 0 Å². The highest BCUT2D eigenvalue weighted by atomic mass is 15.1. The Kier molecular flexibility index (Phi) is 2.86. The Morgan fingerprint density at radius 2 is 1.84 bits per heavy atom. The fourth-order valence-corrected chi connectivity index (χ4v) is 4.15. The maximum absolute atomic E-state index is 4.46. The molecule has 3 heterocycles. The summed E-state index contributed by atoms with van der Waals surface area (Å²) in [6.07, 6.45) is 5.50. The van der Waals surface area contributed by atoms with Crippen LogP contribution >= 0.6 is 0 Å². The van der Waals surface area contributed by atoms with Gasteiger partial charge in [-0.15, -0.1) is 0 Å². The molecule has 0 atom stereocenters. The van der Waals surface area contributed by atoms with E-state index in [2.05, 4.69) is 49.4 Å². The van der Waals surface area contributed by atoms with Crippen LogP contribution < -0.4 is 10.6 Å². The molecule has 0 radical (unpaired) electrons. The first-order chi connectivity index (χ1) is 8.86. The number of hydrogen-bond donors (Lipinski definition) is 2. The van der Waals surface area contributed by atoms with Gasteiger partial charge in [0.2, 0.25) is 0 Å². The van der Waals surface area contributed by atoms with Crippen molar-refractivity contribution in [3.05, 3.63) is 23.4 Å². The van der Waals surface area contributed by atoms with Crippen molar-refractivity contribution in [2.45, 2.75) is 64.0 Å². The Morgan fingerprint density at radius 1 is 1.16 bits per heavy atom. The third-order valence-corrected chi connectivity index (χ3v) is 4.39. The molecule has 0 aromatic carbocycles. The number of nitrogens with one attached hydrogen (secondary N) is 2. The molecule has 0 spiro atoms. The molecule has 1 fully saturated rings. The molecule has 3 nitrogen and oxygen atoms in total. The van der Waals surface area contributed by atoms with Gasteiger partial charge >= 0.3 is 0 Å². The van der Waals surface area contributed by atoms with Crippen LogP contribution in [-0.4, -0.2) is 22.6 Å². The van der Waals surface area contributed by atoms with E-state index in [9.17, 15) is 0 Å². The molecule has 19 heavy (non-hydrogen) atoms. The average molecular weight is 259 g/mol. The maximum atomic E-state index is 4.46. The number of anilines is 1. The summed E-state index contributed by atoms with van der Waals surface area (Å²) in [7, 11) is 0. The third kappa shape index (κ3) is 2.48. The molecule has 2 aliphatic heterocycles. The first-order valence-corrected chi connectivity index (χ1v) is 7.37. The van der Waals surface area contributed by atoms with Gasteiger partial charge in [0.25, 0.3) is 0 Å². The Labute approximate surface area is 116 Å². The summed E-state index contributed by atoms with van der Waals surface area (Å²) in [5.74, 6) is 1.76. The predicted octanol–water partition coefficient (Wildman–Crippen LogP) is 3.07. The minimum atomic E-state index is 0.203. The lowest BCUT2D eigenvalue weighted by atomic mass is 9.72. The minimum absolute atomic E-state index is 0.203. The van der Waals surface area contributed by atoms with Crippen molar-refractivity contribution < 1.29 is 0 Å². The van der Waals surface area contributed by atoms with E-state index in [4.69, 9.17) is 0 Å². The predicted molar refractivity (Wildman–Crippen MR) is 79.7 cm³/mol. The number of pyridine rings is 1. The van der Waals surface area contributed by atoms with Crippen LogP contribution in [0.25, 0.3) is 0 Å². The molecule has 2 N–H and O–H groups in total. The number of piperidine rings is 1. The van der Waals surface area contributed by atoms with Gasteiger partial charge in [-0.3, -0.25) is 0 Å². The summed E-state index contributed by atoms with van der Waals surface area (Å²) in [5.41, 5.74) is 3.39. The van der Waals surface area contributed by atoms with Gasteiger partial charge in [-0.2, -0.15) is 0 Å². The van der Waals surface area contributed by atoms with Crippen molar-refractivity contribution in [2.75, 3.05) is 11.9 Å². The number of rotatable bonds is 1. The summed E-state index contributed by atoms with van der Waals surface area (Å²) < 4.78 is 0. The molecule has 0 saturated carbocycles. The molecule has 1 saturated heterocycles. The minimum Gasteiger partial charge on any atom is -0.370 e. The first kappa shape index (κ1) is 12.9. The van der Waals surface area contributed by atoms with Gasteiger partial charge < -0.3 is 10.6 Å². The summed E-state index contributed by atoms with van der Waals surface area (Å²) in [6, 6.07) is 2.24. The van der Waals surface area contributed by atoms with Crippen molar-refractivity contribution >= 4 is 5.82 Å². The zero-order chi connectivity index (χ0) is 13.7. The van der Waals surface area contributed by atoms with Crippen LogP contribution in [0.3, 0.4) is 0 Å². The lowest BCUT2D eigenvalue weighted by Crippen LogP contribution is -2.57. The van der Waals surface area contributed by atoms with Crippen LogP contribution in [0.15, 0.2) is 12.3 Å². The SMILES string of the molecule is CC1(C)CC(c2ccnc3c2CCN3)CC(C)(C)N1. The molecule has 2 aliphatic rings. The maximum Gasteiger partial charge on any atom is 0.129 e. The Bertz CT molecular complexity index is 475. The normalized spacial score (nSPS) is 24.8. The van der Waals surface area contributed by atoms with E-state index >= 15 is 0 Å². The van der Waals surface area contributed by atoms with Gasteiger partial charge in [-0.05, 0) is 70.1 Å². The molecule has 3 heteroatoms. The fraction of sp³-hybridized carbons (Fsp3) is 0.688. The monoisotopic (exact) mass is 259 g/mol. The molecule has 1 aromatic heterocycles. The number of fused-ring (bicyclic) bond motifs is 1. The van der Waals surface area contributed by atoms with Crippen molar-refractivity contribution in [3.63, 3.8) is 0 Å². The van der Waals surface area contributed by atoms with Crippen LogP contribution in [0.1, 0.15) is 57.6 Å². The summed E-state index contributed by atoms with van der Waals surface area (Å²) in [5, 5.41) is 7.16. The topological polar surface area (TPSA) is 37.0 Å². The Morgan fingerprint density at radius 3 is 2.53 bits per heavy atom. The highest BCUT2D eigenvalue weighted by Crippen LogP contribution is 2.41. The van der Waals surface area contributed by atoms with E-state index < -0.39 is 0 Å². The molecule has 0 bridgehead atoms. The van der Waals surface area contributed by atoms with Gasteiger partial charge in [0, 0.05) is 23.8 Å². The van der Waals surface area contributed by atoms with Crippen LogP contribution in [0, 0.1) is 0 Å². The van der Waals surface area contributed by atoms with Crippen LogP contribution in [0.2, 0.25) is 0 Å². The van der Waals surface area contributed by atoms with E-state index in [1.54, 1.807) is 0 Å². The number of hydrogen-bond acceptors (Lipinski definition) is 3. The summed E-state index contributed by atoms with van der Waals surface area (Å²) >= 11 is 0. The van der Waals surface area contributed by atoms with Crippen LogP contribution in [0.4, 0.5) is 5.82 Å². The van der Waals surface area contributed by atoms with Gasteiger partial charge in [-0.1, -0.05) is 0 Å². The van der Waals surface area contributed by atoms with Crippen molar-refractivity contribution in [1.82, 2.24) is 10.3 Å². The quantitative estimate of drug-likeness (QED) is 0.814. The molecular formula is C16H25N3. The van der Waals surface area contributed by atoms with Crippen LogP contribution in [-0.2, 0) is 6.42 Å². The largest absolute Gasteiger partial charge is 0.370 e. The Balaban J connectivity index is 1.96. The third-order valence-electron chi connectivity index (χ3n) is 4.39. The molecule has 0 unspecified atom stereocenters. The van der Waals surface area contributed by atoms with E-state index in [-0.39, 0.29) is 11.1 Å². The van der Waals surface area contributed by atoms with Gasteiger partial charge in [0.1, 0.15) is 5.82 Å². The molecular weight excluding hydrogens is 234 g/mol. The van der Waals surface area contributed by atoms with Gasteiger partial charge in [0.15, 0.2) is 0 Å². The van der Waals surface area contributed by atoms with E-state index in [0.29, 0.717) is 5.92 Å². The van der Waals surface area contributed by atoms with Crippen molar-refractivity contribution in [3.8, 4) is 0 Å². The average Bonchev–Trinajstić information content (AvgIpc) is 2.71. The zero-order valence-electron chi connectivity index (χ0n) is 12.5. The second kappa shape index (κ2) is 4.20. The molecule has 1 aromatic rings. The molecule has 0 aliphatic carbocycles. The van der Waals surface area contributed by atoms with E-state index in [0.717, 1.165) is 18.8 Å². The second-order valence-electron chi connectivity index (χ2n) is 7.40. The fourth-order valence-electron chi connectivity index (χ4n) is 4.15. The lowest BCUT2D eigenvalue weighted by Gasteiger charge is -2.47. The van der Waals surface area contributed by atoms with Crippen LogP contribution in [0.5, 0.6) is 0 Å². The van der Waals surface area contributed by atoms with E-state index in [1.165, 1.54) is 24.0 Å². The smallest absolute Gasteiger partial charge is 0.129 e. The first-order valence-electron chi connectivity index (χ1n) is 7.37. The van der Waals surface area contributed by atoms with Gasteiger partial charge in [-0.25, -0.2) is 4.98 Å². The zero-order valence-corrected chi connectivity index (χ0v) is 12.5. The molecule has 104 valence electrons. The number of nitrogens with zero attached hydrogens (tertiary/aromatic N) is 1. The van der Waals surface area contributed by atoms with Gasteiger partial charge in [0.05, 0.1) is 0 Å².